The average Bonchev–Trinajstić information content (AvgIpc) is 2.63. The summed E-state index contributed by atoms with van der Waals surface area (Å²) in [6.07, 6.45) is 2.24. The van der Waals surface area contributed by atoms with E-state index in [1.807, 2.05) is 0 Å². The lowest BCUT2D eigenvalue weighted by atomic mass is 10.1. The van der Waals surface area contributed by atoms with Gasteiger partial charge in [-0.15, -0.1) is 0 Å². The summed E-state index contributed by atoms with van der Waals surface area (Å²) in [5, 5.41) is 0. The Balaban J connectivity index is 1.96. The second-order valence-corrected chi connectivity index (χ2v) is 7.80. The molecule has 140 valence electrons. The van der Waals surface area contributed by atoms with Crippen molar-refractivity contribution in [2.45, 2.75) is 37.2 Å². The van der Waals surface area contributed by atoms with Gasteiger partial charge in [0.05, 0.1) is 23.2 Å². The molecule has 0 aromatic heterocycles. The van der Waals surface area contributed by atoms with Gasteiger partial charge in [-0.1, -0.05) is 0 Å². The van der Waals surface area contributed by atoms with Gasteiger partial charge in [0, 0.05) is 19.7 Å². The van der Waals surface area contributed by atoms with Crippen molar-refractivity contribution in [1.29, 1.82) is 0 Å². The van der Waals surface area contributed by atoms with Gasteiger partial charge in [-0.3, -0.25) is 0 Å². The van der Waals surface area contributed by atoms with Crippen molar-refractivity contribution >= 4 is 16.0 Å². The van der Waals surface area contributed by atoms with Gasteiger partial charge in [0.1, 0.15) is 0 Å². The van der Waals surface area contributed by atoms with Gasteiger partial charge in [-0.05, 0) is 57.0 Å². The highest BCUT2D eigenvalue weighted by Gasteiger charge is 2.29. The Kier molecular flexibility index (Phi) is 7.37. The Morgan fingerprint density at radius 2 is 1.88 bits per heavy atom. The molecule has 2 rings (SSSR count). The van der Waals surface area contributed by atoms with Crippen LogP contribution in [0.3, 0.4) is 0 Å². The number of carbonyl (C=O) groups is 1. The van der Waals surface area contributed by atoms with Crippen LogP contribution in [0.15, 0.2) is 29.2 Å². The first kappa shape index (κ1) is 19.8. The molecule has 1 aliphatic heterocycles. The van der Waals surface area contributed by atoms with Crippen molar-refractivity contribution in [3.05, 3.63) is 29.8 Å². The van der Waals surface area contributed by atoms with E-state index in [9.17, 15) is 13.2 Å². The van der Waals surface area contributed by atoms with Gasteiger partial charge in [-0.2, -0.15) is 4.31 Å². The van der Waals surface area contributed by atoms with E-state index in [1.54, 1.807) is 6.92 Å². The molecule has 1 aliphatic rings. The molecule has 2 N–H and O–H groups in total. The third-order valence-corrected chi connectivity index (χ3v) is 6.02. The molecule has 0 radical (unpaired) electrons. The monoisotopic (exact) mass is 370 g/mol. The summed E-state index contributed by atoms with van der Waals surface area (Å²) in [7, 11) is -3.56. The van der Waals surface area contributed by atoms with Crippen LogP contribution >= 0.6 is 0 Å². The van der Waals surface area contributed by atoms with Gasteiger partial charge in [-0.25, -0.2) is 13.2 Å². The summed E-state index contributed by atoms with van der Waals surface area (Å²) >= 11 is 0. The Morgan fingerprint density at radius 1 is 1.24 bits per heavy atom. The Morgan fingerprint density at radius 3 is 2.44 bits per heavy atom. The number of nitrogens with zero attached hydrogens (tertiary/aromatic N) is 1. The van der Waals surface area contributed by atoms with Crippen LogP contribution in [-0.2, 0) is 19.5 Å². The molecule has 8 heteroatoms. The number of piperidine rings is 1. The number of ether oxygens (including phenoxy) is 2. The van der Waals surface area contributed by atoms with Crippen molar-refractivity contribution in [2.24, 2.45) is 5.73 Å². The summed E-state index contributed by atoms with van der Waals surface area (Å²) in [5.74, 6) is -0.457. The molecule has 0 bridgehead atoms. The predicted molar refractivity (Wildman–Crippen MR) is 93.8 cm³/mol. The number of sulfonamides is 1. The zero-order chi connectivity index (χ0) is 18.3. The lowest BCUT2D eigenvalue weighted by molar-refractivity contribution is 0.0209. The molecule has 25 heavy (non-hydrogen) atoms. The quantitative estimate of drug-likeness (QED) is 0.548. The van der Waals surface area contributed by atoms with E-state index < -0.39 is 16.0 Å². The fourth-order valence-electron chi connectivity index (χ4n) is 2.70. The maximum atomic E-state index is 12.7. The third-order valence-electron chi connectivity index (χ3n) is 4.11. The van der Waals surface area contributed by atoms with Crippen LogP contribution in [0.25, 0.3) is 0 Å². The highest BCUT2D eigenvalue weighted by Crippen LogP contribution is 2.22. The molecule has 1 heterocycles. The molecule has 1 fully saturated rings. The first-order chi connectivity index (χ1) is 12.0. The highest BCUT2D eigenvalue weighted by atomic mass is 32.2. The predicted octanol–water partition coefficient (Wildman–Crippen LogP) is 1.38. The molecule has 0 aliphatic carbocycles. The van der Waals surface area contributed by atoms with E-state index in [-0.39, 0.29) is 17.6 Å². The first-order valence-corrected chi connectivity index (χ1v) is 10.0. The maximum absolute atomic E-state index is 12.7. The summed E-state index contributed by atoms with van der Waals surface area (Å²) in [6.45, 7) is 4.06. The van der Waals surface area contributed by atoms with Gasteiger partial charge >= 0.3 is 5.97 Å². The van der Waals surface area contributed by atoms with Crippen molar-refractivity contribution in [2.75, 3.05) is 32.8 Å². The topological polar surface area (TPSA) is 98.9 Å². The SMILES string of the molecule is CCOC(=O)c1ccc(S(=O)(=O)N2CCC(OCCCN)CC2)cc1. The molecule has 1 aromatic carbocycles. The Hall–Kier alpha value is -1.48. The fraction of sp³-hybridized carbons (Fsp3) is 0.588. The lowest BCUT2D eigenvalue weighted by Gasteiger charge is -2.31. The number of esters is 1. The van der Waals surface area contributed by atoms with E-state index in [2.05, 4.69) is 0 Å². The van der Waals surface area contributed by atoms with E-state index in [1.165, 1.54) is 28.6 Å². The smallest absolute Gasteiger partial charge is 0.338 e. The third kappa shape index (κ3) is 5.24. The normalized spacial score (nSPS) is 16.7. The van der Waals surface area contributed by atoms with Gasteiger partial charge in [0.25, 0.3) is 0 Å². The summed E-state index contributed by atoms with van der Waals surface area (Å²) < 4.78 is 37.5. The molecule has 7 nitrogen and oxygen atoms in total. The minimum Gasteiger partial charge on any atom is -0.462 e. The van der Waals surface area contributed by atoms with Gasteiger partial charge < -0.3 is 15.2 Å². The number of hydrogen-bond donors (Lipinski definition) is 1. The Bertz CT molecular complexity index is 652. The average molecular weight is 370 g/mol. The lowest BCUT2D eigenvalue weighted by Crippen LogP contribution is -2.41. The van der Waals surface area contributed by atoms with Gasteiger partial charge in [0.2, 0.25) is 10.0 Å². The van der Waals surface area contributed by atoms with Crippen LogP contribution < -0.4 is 5.73 Å². The highest BCUT2D eigenvalue weighted by molar-refractivity contribution is 7.89. The van der Waals surface area contributed by atoms with Crippen molar-refractivity contribution in [3.8, 4) is 0 Å². The van der Waals surface area contributed by atoms with Crippen molar-refractivity contribution in [1.82, 2.24) is 4.31 Å². The van der Waals surface area contributed by atoms with E-state index >= 15 is 0 Å². The molecule has 0 atom stereocenters. The molecule has 0 saturated carbocycles. The maximum Gasteiger partial charge on any atom is 0.338 e. The number of rotatable bonds is 8. The fourth-order valence-corrected chi connectivity index (χ4v) is 4.17. The second-order valence-electron chi connectivity index (χ2n) is 5.86. The molecular weight excluding hydrogens is 344 g/mol. The van der Waals surface area contributed by atoms with Crippen LogP contribution in [0.1, 0.15) is 36.5 Å². The molecule has 0 spiro atoms. The standard InChI is InChI=1S/C17H26N2O5S/c1-2-23-17(20)14-4-6-16(7-5-14)25(21,22)19-11-8-15(9-12-19)24-13-3-10-18/h4-7,15H,2-3,8-13,18H2,1H3. The number of nitrogens with two attached hydrogens (primary N) is 1. The largest absolute Gasteiger partial charge is 0.462 e. The number of carbonyl (C=O) groups excluding carboxylic acids is 1. The van der Waals surface area contributed by atoms with Crippen LogP contribution in [-0.4, -0.2) is 57.6 Å². The second kappa shape index (κ2) is 9.28. The van der Waals surface area contributed by atoms with Crippen LogP contribution in [0.5, 0.6) is 0 Å². The van der Waals surface area contributed by atoms with E-state index in [0.29, 0.717) is 44.6 Å². The number of hydrogen-bond acceptors (Lipinski definition) is 6. The summed E-state index contributed by atoms with van der Waals surface area (Å²) in [6, 6.07) is 5.86. The summed E-state index contributed by atoms with van der Waals surface area (Å²) in [4.78, 5) is 11.8. The Labute approximate surface area is 149 Å². The zero-order valence-corrected chi connectivity index (χ0v) is 15.3. The van der Waals surface area contributed by atoms with E-state index in [0.717, 1.165) is 6.42 Å². The van der Waals surface area contributed by atoms with Crippen molar-refractivity contribution < 1.29 is 22.7 Å². The van der Waals surface area contributed by atoms with Crippen LogP contribution in [0.2, 0.25) is 0 Å². The molecular formula is C17H26N2O5S. The van der Waals surface area contributed by atoms with Crippen LogP contribution in [0.4, 0.5) is 0 Å². The van der Waals surface area contributed by atoms with Gasteiger partial charge in [0.15, 0.2) is 0 Å². The first-order valence-electron chi connectivity index (χ1n) is 8.58. The zero-order valence-electron chi connectivity index (χ0n) is 14.5. The number of benzene rings is 1. The molecule has 1 saturated heterocycles. The van der Waals surface area contributed by atoms with Crippen LogP contribution in [0, 0.1) is 0 Å². The molecule has 0 unspecified atom stereocenters. The van der Waals surface area contributed by atoms with E-state index in [4.69, 9.17) is 15.2 Å². The van der Waals surface area contributed by atoms with Crippen molar-refractivity contribution in [3.63, 3.8) is 0 Å². The molecule has 1 aromatic rings. The minimum atomic E-state index is -3.56. The minimum absolute atomic E-state index is 0.0872. The molecule has 0 amide bonds. The summed E-state index contributed by atoms with van der Waals surface area (Å²) in [5.41, 5.74) is 5.78.